The van der Waals surface area contributed by atoms with Crippen molar-refractivity contribution in [1.82, 2.24) is 9.40 Å². The predicted octanol–water partition coefficient (Wildman–Crippen LogP) is 3.25. The first-order valence-corrected chi connectivity index (χ1v) is 10.1. The molecule has 3 rings (SSSR count). The van der Waals surface area contributed by atoms with E-state index in [1.807, 2.05) is 0 Å². The number of nitrogens with zero attached hydrogens (tertiary/aromatic N) is 7. The van der Waals surface area contributed by atoms with Gasteiger partial charge in [0, 0.05) is 42.8 Å². The maximum Gasteiger partial charge on any atom is 0.422 e. The fourth-order valence-electron chi connectivity index (χ4n) is 2.47. The largest absolute Gasteiger partial charge is 0.483 e. The molecule has 0 fully saturated rings. The summed E-state index contributed by atoms with van der Waals surface area (Å²) in [4.78, 5) is 13.3. The molecule has 0 unspecified atom stereocenters. The second-order valence-electron chi connectivity index (χ2n) is 5.98. The van der Waals surface area contributed by atoms with Crippen LogP contribution in [0.5, 0.6) is 5.75 Å². The van der Waals surface area contributed by atoms with Crippen LogP contribution in [-0.4, -0.2) is 48.4 Å². The van der Waals surface area contributed by atoms with Crippen molar-refractivity contribution in [3.8, 4) is 5.75 Å². The zero-order chi connectivity index (χ0) is 23.7. The maximum atomic E-state index is 13.2. The normalized spacial score (nSPS) is 17.5. The van der Waals surface area contributed by atoms with Crippen LogP contribution in [0.4, 0.5) is 24.5 Å². The number of sulfonamides is 1. The molecule has 1 aliphatic heterocycles. The average molecular weight is 494 g/mol. The third-order valence-corrected chi connectivity index (χ3v) is 5.75. The Kier molecular flexibility index (Phi) is 6.18. The van der Waals surface area contributed by atoms with Crippen LogP contribution in [0.3, 0.4) is 0 Å². The number of benzene rings is 1. The maximum absolute atomic E-state index is 13.2. The van der Waals surface area contributed by atoms with Crippen molar-refractivity contribution in [1.29, 1.82) is 0 Å². The highest BCUT2D eigenvalue weighted by Gasteiger charge is 2.39. The number of fused-ring (bicyclic) bond motifs is 1. The van der Waals surface area contributed by atoms with Crippen LogP contribution in [0.15, 0.2) is 57.0 Å². The standard InChI is InChI=1S/C15H11ClF3N7O5S/c1-24-22-14(9-3-2-6-20-7-9)21-23-25(16)12-10(26(27)28)4-5-11(13(12)32(24,29)30)31-8-15(17,18)19/h2-7H,8H2,1H3/b22-14-,23-21?. The number of aromatic nitrogens is 1. The van der Waals surface area contributed by atoms with Crippen LogP contribution in [0, 0.1) is 10.1 Å². The van der Waals surface area contributed by atoms with E-state index in [-0.39, 0.29) is 15.9 Å². The molecule has 0 bridgehead atoms. The number of nitro groups is 1. The van der Waals surface area contributed by atoms with Crippen molar-refractivity contribution in [2.24, 2.45) is 15.4 Å². The van der Waals surface area contributed by atoms with Gasteiger partial charge < -0.3 is 4.74 Å². The number of halogens is 4. The number of hydrogen-bond donors (Lipinski definition) is 0. The molecule has 0 amide bonds. The SMILES string of the molecule is CN1/N=C(/c2cccnc2)N=NN(Cl)c2c([N+](=O)[O-])ccc(OCC(F)(F)F)c2S1(=O)=O. The number of hydrazone groups is 1. The Bertz CT molecular complexity index is 1210. The summed E-state index contributed by atoms with van der Waals surface area (Å²) in [6, 6.07) is 4.40. The smallest absolute Gasteiger partial charge is 0.422 e. The van der Waals surface area contributed by atoms with Crippen molar-refractivity contribution in [3.63, 3.8) is 0 Å². The minimum absolute atomic E-state index is 0.206. The quantitative estimate of drug-likeness (QED) is 0.361. The van der Waals surface area contributed by atoms with E-state index in [2.05, 4.69) is 25.2 Å². The predicted molar refractivity (Wildman–Crippen MR) is 104 cm³/mol. The van der Waals surface area contributed by atoms with Gasteiger partial charge in [-0.15, -0.1) is 14.7 Å². The monoisotopic (exact) mass is 493 g/mol. The Morgan fingerprint density at radius 2 is 2.00 bits per heavy atom. The topological polar surface area (TPSA) is 143 Å². The molecule has 0 aliphatic carbocycles. The van der Waals surface area contributed by atoms with Crippen molar-refractivity contribution in [3.05, 3.63) is 52.3 Å². The molecule has 1 aromatic carbocycles. The van der Waals surface area contributed by atoms with E-state index in [4.69, 9.17) is 11.8 Å². The lowest BCUT2D eigenvalue weighted by atomic mass is 10.2. The van der Waals surface area contributed by atoms with Gasteiger partial charge in [0.15, 0.2) is 17.2 Å². The molecule has 32 heavy (non-hydrogen) atoms. The average Bonchev–Trinajstić information content (AvgIpc) is 2.76. The number of pyridine rings is 1. The molecule has 2 heterocycles. The van der Waals surface area contributed by atoms with Gasteiger partial charge >= 0.3 is 6.18 Å². The summed E-state index contributed by atoms with van der Waals surface area (Å²) in [5.41, 5.74) is -1.55. The van der Waals surface area contributed by atoms with Gasteiger partial charge in [-0.05, 0) is 23.4 Å². The molecule has 0 atom stereocenters. The second kappa shape index (κ2) is 8.54. The van der Waals surface area contributed by atoms with Gasteiger partial charge in [0.25, 0.3) is 15.7 Å². The van der Waals surface area contributed by atoms with Gasteiger partial charge in [0.2, 0.25) is 5.84 Å². The summed E-state index contributed by atoms with van der Waals surface area (Å²) in [7, 11) is -3.90. The molecule has 0 saturated carbocycles. The molecule has 0 spiro atoms. The molecular weight excluding hydrogens is 483 g/mol. The molecule has 2 aromatic rings. The zero-order valence-corrected chi connectivity index (χ0v) is 17.3. The van der Waals surface area contributed by atoms with Crippen LogP contribution >= 0.6 is 11.8 Å². The lowest BCUT2D eigenvalue weighted by Crippen LogP contribution is -2.26. The molecule has 170 valence electrons. The molecule has 12 nitrogen and oxygen atoms in total. The van der Waals surface area contributed by atoms with Gasteiger partial charge in [-0.3, -0.25) is 15.1 Å². The van der Waals surface area contributed by atoms with E-state index >= 15 is 0 Å². The van der Waals surface area contributed by atoms with Gasteiger partial charge in [-0.1, -0.05) is 0 Å². The van der Waals surface area contributed by atoms with Crippen LogP contribution in [0.1, 0.15) is 5.56 Å². The molecule has 0 radical (unpaired) electrons. The van der Waals surface area contributed by atoms with Gasteiger partial charge in [0.1, 0.15) is 5.75 Å². The van der Waals surface area contributed by atoms with E-state index in [9.17, 15) is 31.7 Å². The number of ether oxygens (including phenoxy) is 1. The van der Waals surface area contributed by atoms with Crippen LogP contribution in [0.25, 0.3) is 0 Å². The highest BCUT2D eigenvalue weighted by molar-refractivity contribution is 7.89. The molecule has 1 aliphatic rings. The Morgan fingerprint density at radius 1 is 1.28 bits per heavy atom. The van der Waals surface area contributed by atoms with Crippen LogP contribution in [0.2, 0.25) is 0 Å². The summed E-state index contributed by atoms with van der Waals surface area (Å²) in [6.07, 6.45) is -2.12. The minimum Gasteiger partial charge on any atom is -0.483 e. The van der Waals surface area contributed by atoms with Crippen LogP contribution in [-0.2, 0) is 10.0 Å². The van der Waals surface area contributed by atoms with E-state index in [0.717, 1.165) is 13.1 Å². The third kappa shape index (κ3) is 4.70. The fraction of sp³-hybridized carbons (Fsp3) is 0.200. The van der Waals surface area contributed by atoms with E-state index in [1.165, 1.54) is 24.5 Å². The highest BCUT2D eigenvalue weighted by Crippen LogP contribution is 2.44. The van der Waals surface area contributed by atoms with Crippen molar-refractivity contribution < 1.29 is 31.2 Å². The first-order chi connectivity index (χ1) is 14.9. The Morgan fingerprint density at radius 3 is 2.59 bits per heavy atom. The summed E-state index contributed by atoms with van der Waals surface area (Å²) in [5, 5.41) is 22.5. The summed E-state index contributed by atoms with van der Waals surface area (Å²) >= 11 is 5.97. The summed E-state index contributed by atoms with van der Waals surface area (Å²) < 4.78 is 69.7. The van der Waals surface area contributed by atoms with E-state index in [0.29, 0.717) is 10.5 Å². The van der Waals surface area contributed by atoms with Crippen molar-refractivity contribution >= 4 is 39.0 Å². The number of alkyl halides is 3. The first-order valence-electron chi connectivity index (χ1n) is 8.28. The number of hydrogen-bond acceptors (Lipinski definition) is 10. The van der Waals surface area contributed by atoms with E-state index < -0.39 is 49.7 Å². The molecule has 17 heteroatoms. The Hall–Kier alpha value is -3.53. The zero-order valence-electron chi connectivity index (χ0n) is 15.8. The van der Waals surface area contributed by atoms with Gasteiger partial charge in [-0.25, -0.2) is 0 Å². The number of anilines is 1. The van der Waals surface area contributed by atoms with Crippen molar-refractivity contribution in [2.45, 2.75) is 11.1 Å². The van der Waals surface area contributed by atoms with Gasteiger partial charge in [0.05, 0.1) is 4.92 Å². The molecule has 0 saturated heterocycles. The lowest BCUT2D eigenvalue weighted by molar-refractivity contribution is -0.384. The number of nitro benzene ring substituents is 1. The fourth-order valence-corrected chi connectivity index (χ4v) is 3.99. The Labute approximate surface area is 182 Å². The number of rotatable bonds is 4. The first kappa shape index (κ1) is 23.1. The Balaban J connectivity index is 2.28. The van der Waals surface area contributed by atoms with Crippen LogP contribution < -0.4 is 9.26 Å². The minimum atomic E-state index is -4.85. The van der Waals surface area contributed by atoms with E-state index in [1.54, 1.807) is 0 Å². The second-order valence-corrected chi connectivity index (χ2v) is 8.18. The number of amidine groups is 1. The highest BCUT2D eigenvalue weighted by atomic mass is 35.5. The van der Waals surface area contributed by atoms with Gasteiger partial charge in [-0.2, -0.15) is 26.0 Å². The molecular formula is C15H11ClF3N7O5S. The van der Waals surface area contributed by atoms with Crippen molar-refractivity contribution in [2.75, 3.05) is 18.2 Å². The molecule has 1 aromatic heterocycles. The molecule has 0 N–H and O–H groups in total. The third-order valence-electron chi connectivity index (χ3n) is 3.83. The summed E-state index contributed by atoms with van der Waals surface area (Å²) in [5.74, 6) is -1.15. The summed E-state index contributed by atoms with van der Waals surface area (Å²) in [6.45, 7) is -1.87. The lowest BCUT2D eigenvalue weighted by Gasteiger charge is -2.20.